The summed E-state index contributed by atoms with van der Waals surface area (Å²) in [6.45, 7) is 1.77. The van der Waals surface area contributed by atoms with Gasteiger partial charge in [-0.15, -0.1) is 0 Å². The molecule has 0 spiro atoms. The minimum atomic E-state index is -3.53. The summed E-state index contributed by atoms with van der Waals surface area (Å²) in [4.78, 5) is 11.0. The molecule has 6 nitrogen and oxygen atoms in total. The molecule has 1 unspecified atom stereocenters. The molecule has 0 aliphatic heterocycles. The van der Waals surface area contributed by atoms with Gasteiger partial charge in [0, 0.05) is 18.8 Å². The molecule has 20 heavy (non-hydrogen) atoms. The summed E-state index contributed by atoms with van der Waals surface area (Å²) in [6.07, 6.45) is -0.160. The van der Waals surface area contributed by atoms with E-state index in [9.17, 15) is 13.2 Å². The van der Waals surface area contributed by atoms with Crippen LogP contribution in [0.1, 0.15) is 24.9 Å². The summed E-state index contributed by atoms with van der Waals surface area (Å²) in [5.41, 5.74) is 7.07. The van der Waals surface area contributed by atoms with Crippen molar-refractivity contribution in [2.45, 2.75) is 19.4 Å². The van der Waals surface area contributed by atoms with Crippen LogP contribution in [0.15, 0.2) is 24.3 Å². The highest BCUT2D eigenvalue weighted by atomic mass is 32.2. The summed E-state index contributed by atoms with van der Waals surface area (Å²) >= 11 is 0. The number of sulfonamides is 1. The van der Waals surface area contributed by atoms with E-state index >= 15 is 0 Å². The van der Waals surface area contributed by atoms with Gasteiger partial charge in [-0.3, -0.25) is 4.79 Å². The number of carbonyl (C=O) groups excluding carboxylic acids is 1. The molecule has 0 aromatic heterocycles. The third-order valence-corrected chi connectivity index (χ3v) is 5.08. The van der Waals surface area contributed by atoms with Gasteiger partial charge in [-0.05, 0) is 24.6 Å². The van der Waals surface area contributed by atoms with E-state index in [0.29, 0.717) is 5.69 Å². The van der Waals surface area contributed by atoms with Gasteiger partial charge in [0.25, 0.3) is 0 Å². The zero-order valence-electron chi connectivity index (χ0n) is 11.9. The lowest BCUT2D eigenvalue weighted by Crippen LogP contribution is -2.32. The summed E-state index contributed by atoms with van der Waals surface area (Å²) < 4.78 is 30.0. The quantitative estimate of drug-likeness (QED) is 0.629. The van der Waals surface area contributed by atoms with Crippen molar-refractivity contribution in [1.29, 1.82) is 0 Å². The molecule has 0 aliphatic carbocycles. The molecule has 2 N–H and O–H groups in total. The van der Waals surface area contributed by atoms with E-state index in [1.807, 2.05) is 6.07 Å². The normalized spacial score (nSPS) is 13.2. The number of nitrogens with zero attached hydrogens (tertiary/aromatic N) is 1. The second-order valence-electron chi connectivity index (χ2n) is 4.50. The fraction of sp³-hybridized carbons (Fsp3) is 0.462. The molecule has 0 amide bonds. The molecule has 0 aliphatic rings. The predicted octanol–water partition coefficient (Wildman–Crippen LogP) is 1.15. The summed E-state index contributed by atoms with van der Waals surface area (Å²) in [7, 11) is -0.817. The van der Waals surface area contributed by atoms with Gasteiger partial charge in [0.05, 0.1) is 19.3 Å². The van der Waals surface area contributed by atoms with Crippen LogP contribution in [-0.4, -0.2) is 38.6 Å². The first-order valence-electron chi connectivity index (χ1n) is 6.16. The molecule has 0 saturated carbocycles. The molecule has 1 aromatic rings. The van der Waals surface area contributed by atoms with Gasteiger partial charge in [-0.25, -0.2) is 8.42 Å². The van der Waals surface area contributed by atoms with Crippen molar-refractivity contribution in [3.05, 3.63) is 29.8 Å². The standard InChI is InChI=1S/C13H20N2O4S/c1-10(11-5-4-6-12(14)9-11)15(2)20(17,18)8-7-13(16)19-3/h4-6,9-10H,7-8,14H2,1-3H3. The zero-order chi connectivity index (χ0) is 15.3. The highest BCUT2D eigenvalue weighted by molar-refractivity contribution is 7.89. The van der Waals surface area contributed by atoms with Crippen molar-refractivity contribution >= 4 is 21.7 Å². The summed E-state index contributed by atoms with van der Waals surface area (Å²) in [5, 5.41) is 0. The van der Waals surface area contributed by atoms with Crippen molar-refractivity contribution in [2.75, 3.05) is 25.6 Å². The molecule has 0 radical (unpaired) electrons. The first-order valence-corrected chi connectivity index (χ1v) is 7.77. The number of ether oxygens (including phenoxy) is 1. The largest absolute Gasteiger partial charge is 0.469 e. The Morgan fingerprint density at radius 1 is 1.45 bits per heavy atom. The van der Waals surface area contributed by atoms with Crippen molar-refractivity contribution in [2.24, 2.45) is 0 Å². The number of esters is 1. The summed E-state index contributed by atoms with van der Waals surface area (Å²) in [6, 6.07) is 6.70. The van der Waals surface area contributed by atoms with Crippen LogP contribution in [0, 0.1) is 0 Å². The Bertz CT molecular complexity index is 571. The van der Waals surface area contributed by atoms with Gasteiger partial charge in [0.1, 0.15) is 0 Å². The Morgan fingerprint density at radius 2 is 2.10 bits per heavy atom. The van der Waals surface area contributed by atoms with Crippen LogP contribution in [0.4, 0.5) is 5.69 Å². The fourth-order valence-electron chi connectivity index (χ4n) is 1.73. The van der Waals surface area contributed by atoms with Crippen LogP contribution in [0.2, 0.25) is 0 Å². The van der Waals surface area contributed by atoms with Crippen LogP contribution in [0.3, 0.4) is 0 Å². The van der Waals surface area contributed by atoms with Crippen molar-refractivity contribution in [3.63, 3.8) is 0 Å². The van der Waals surface area contributed by atoms with E-state index in [2.05, 4.69) is 4.74 Å². The Morgan fingerprint density at radius 3 is 2.65 bits per heavy atom. The number of hydrogen-bond acceptors (Lipinski definition) is 5. The van der Waals surface area contributed by atoms with Crippen LogP contribution >= 0.6 is 0 Å². The van der Waals surface area contributed by atoms with Gasteiger partial charge in [0.2, 0.25) is 10.0 Å². The Labute approximate surface area is 119 Å². The Kier molecular flexibility index (Phi) is 5.52. The van der Waals surface area contributed by atoms with Crippen LogP contribution in [-0.2, 0) is 19.6 Å². The number of methoxy groups -OCH3 is 1. The highest BCUT2D eigenvalue weighted by Crippen LogP contribution is 2.23. The van der Waals surface area contributed by atoms with Crippen LogP contribution in [0.5, 0.6) is 0 Å². The number of nitrogen functional groups attached to an aromatic ring is 1. The fourth-order valence-corrected chi connectivity index (χ4v) is 3.04. The highest BCUT2D eigenvalue weighted by Gasteiger charge is 2.25. The minimum absolute atomic E-state index is 0.160. The number of carbonyl (C=O) groups is 1. The smallest absolute Gasteiger partial charge is 0.306 e. The zero-order valence-corrected chi connectivity index (χ0v) is 12.7. The molecular weight excluding hydrogens is 280 g/mol. The monoisotopic (exact) mass is 300 g/mol. The van der Waals surface area contributed by atoms with Crippen molar-refractivity contribution in [1.82, 2.24) is 4.31 Å². The van der Waals surface area contributed by atoms with Gasteiger partial charge < -0.3 is 10.5 Å². The van der Waals surface area contributed by atoms with Gasteiger partial charge in [-0.1, -0.05) is 12.1 Å². The number of rotatable bonds is 6. The van der Waals surface area contributed by atoms with Crippen molar-refractivity contribution in [3.8, 4) is 0 Å². The lowest BCUT2D eigenvalue weighted by Gasteiger charge is -2.24. The average molecular weight is 300 g/mol. The molecule has 0 fully saturated rings. The number of benzene rings is 1. The van der Waals surface area contributed by atoms with Gasteiger partial charge in [-0.2, -0.15) is 4.31 Å². The van der Waals surface area contributed by atoms with E-state index in [1.165, 1.54) is 18.5 Å². The molecule has 1 atom stereocenters. The number of hydrogen-bond donors (Lipinski definition) is 1. The van der Waals surface area contributed by atoms with Gasteiger partial charge in [0.15, 0.2) is 0 Å². The van der Waals surface area contributed by atoms with Gasteiger partial charge >= 0.3 is 5.97 Å². The Balaban J connectivity index is 2.82. The third kappa shape index (κ3) is 4.21. The average Bonchev–Trinajstić information content (AvgIpc) is 2.43. The van der Waals surface area contributed by atoms with Crippen LogP contribution < -0.4 is 5.73 Å². The maximum absolute atomic E-state index is 12.1. The first kappa shape index (κ1) is 16.5. The molecule has 0 heterocycles. The van der Waals surface area contributed by atoms with E-state index in [0.717, 1.165) is 5.56 Å². The van der Waals surface area contributed by atoms with Crippen molar-refractivity contribution < 1.29 is 17.9 Å². The second kappa shape index (κ2) is 6.71. The molecule has 0 bridgehead atoms. The lowest BCUT2D eigenvalue weighted by atomic mass is 10.1. The Hall–Kier alpha value is -1.60. The molecule has 1 aromatic carbocycles. The topological polar surface area (TPSA) is 89.7 Å². The maximum atomic E-state index is 12.1. The molecule has 7 heteroatoms. The molecule has 112 valence electrons. The predicted molar refractivity (Wildman–Crippen MR) is 77.5 cm³/mol. The van der Waals surface area contributed by atoms with E-state index in [1.54, 1.807) is 25.1 Å². The summed E-state index contributed by atoms with van der Waals surface area (Å²) in [5.74, 6) is -0.818. The van der Waals surface area contributed by atoms with Crippen LogP contribution in [0.25, 0.3) is 0 Å². The molecular formula is C13H20N2O4S. The van der Waals surface area contributed by atoms with E-state index < -0.39 is 16.0 Å². The van der Waals surface area contributed by atoms with E-state index in [-0.39, 0.29) is 18.2 Å². The SMILES string of the molecule is COC(=O)CCS(=O)(=O)N(C)C(C)c1cccc(N)c1. The second-order valence-corrected chi connectivity index (χ2v) is 6.65. The number of anilines is 1. The maximum Gasteiger partial charge on any atom is 0.306 e. The molecule has 1 rings (SSSR count). The van der Waals surface area contributed by atoms with E-state index in [4.69, 9.17) is 5.73 Å². The third-order valence-electron chi connectivity index (χ3n) is 3.17. The first-order chi connectivity index (χ1) is 9.27. The molecule has 0 saturated heterocycles. The number of nitrogens with two attached hydrogens (primary N) is 1. The lowest BCUT2D eigenvalue weighted by molar-refractivity contribution is -0.140. The minimum Gasteiger partial charge on any atom is -0.469 e.